The normalized spacial score (nSPS) is 25.0. The van der Waals surface area contributed by atoms with Gasteiger partial charge in [-0.05, 0) is 23.6 Å². The van der Waals surface area contributed by atoms with Gasteiger partial charge in [-0.2, -0.15) is 0 Å². The van der Waals surface area contributed by atoms with Crippen LogP contribution in [-0.4, -0.2) is 23.5 Å². The van der Waals surface area contributed by atoms with Crippen LogP contribution >= 0.6 is 0 Å². The van der Waals surface area contributed by atoms with E-state index in [2.05, 4.69) is 5.32 Å². The monoisotopic (exact) mass is 370 g/mol. The second kappa shape index (κ2) is 5.53. The highest BCUT2D eigenvalue weighted by Gasteiger charge is 2.72. The largest absolute Gasteiger partial charge is 0.454 e. The summed E-state index contributed by atoms with van der Waals surface area (Å²) in [6, 6.07) is 9.76. The number of amides is 1. The molecule has 1 heterocycles. The first-order valence-electron chi connectivity index (χ1n) is 8.63. The van der Waals surface area contributed by atoms with Gasteiger partial charge < -0.3 is 20.9 Å². The summed E-state index contributed by atoms with van der Waals surface area (Å²) in [5.74, 6) is -3.42. The predicted octanol–water partition coefficient (Wildman–Crippen LogP) is 2.11. The number of rotatable bonds is 3. The molecule has 0 spiro atoms. The van der Waals surface area contributed by atoms with Crippen molar-refractivity contribution in [3.8, 4) is 5.75 Å². The van der Waals surface area contributed by atoms with Gasteiger partial charge in [0.15, 0.2) is 6.67 Å². The molecule has 0 aromatic heterocycles. The molecule has 7 heteroatoms. The van der Waals surface area contributed by atoms with Crippen LogP contribution < -0.4 is 15.8 Å². The van der Waals surface area contributed by atoms with Crippen molar-refractivity contribution < 1.29 is 23.8 Å². The Labute approximate surface area is 155 Å². The number of carbonyl (C=O) groups is 2. The highest BCUT2D eigenvalue weighted by atomic mass is 19.1. The fourth-order valence-electron chi connectivity index (χ4n) is 3.99. The van der Waals surface area contributed by atoms with Gasteiger partial charge in [0.25, 0.3) is 11.7 Å². The van der Waals surface area contributed by atoms with Gasteiger partial charge in [0.05, 0.1) is 5.56 Å². The second-order valence-electron chi connectivity index (χ2n) is 7.19. The summed E-state index contributed by atoms with van der Waals surface area (Å²) in [5, 5.41) is 13.9. The van der Waals surface area contributed by atoms with Crippen molar-refractivity contribution in [1.82, 2.24) is 5.32 Å². The first-order chi connectivity index (χ1) is 12.8. The van der Waals surface area contributed by atoms with E-state index in [0.717, 1.165) is 5.56 Å². The van der Waals surface area contributed by atoms with Gasteiger partial charge in [0, 0.05) is 16.8 Å². The number of ketones is 1. The fraction of sp³-hybridized carbons (Fsp3) is 0.300. The fourth-order valence-corrected chi connectivity index (χ4v) is 3.99. The summed E-state index contributed by atoms with van der Waals surface area (Å²) in [5.41, 5.74) is 5.54. The summed E-state index contributed by atoms with van der Waals surface area (Å²) < 4.78 is 18.9. The van der Waals surface area contributed by atoms with Crippen LogP contribution in [0.3, 0.4) is 0 Å². The number of hydrogen-bond acceptors (Lipinski definition) is 5. The zero-order chi connectivity index (χ0) is 19.6. The van der Waals surface area contributed by atoms with E-state index in [1.54, 1.807) is 24.3 Å². The molecule has 0 saturated heterocycles. The van der Waals surface area contributed by atoms with Crippen molar-refractivity contribution in [1.29, 1.82) is 0 Å². The van der Waals surface area contributed by atoms with E-state index in [1.165, 1.54) is 12.1 Å². The topological polar surface area (TPSA) is 102 Å². The number of nitrogens with one attached hydrogen (secondary N) is 1. The molecule has 2 atom stereocenters. The number of hydrogen-bond donors (Lipinski definition) is 3. The molecule has 2 aromatic rings. The Morgan fingerprint density at radius 2 is 2.04 bits per heavy atom. The summed E-state index contributed by atoms with van der Waals surface area (Å²) in [4.78, 5) is 25.4. The molecule has 4 N–H and O–H groups in total. The quantitative estimate of drug-likeness (QED) is 0.719. The Kier molecular flexibility index (Phi) is 3.58. The zero-order valence-electron chi connectivity index (χ0n) is 14.9. The first-order valence-corrected chi connectivity index (χ1v) is 8.63. The Bertz CT molecular complexity index is 990. The van der Waals surface area contributed by atoms with E-state index in [4.69, 9.17) is 10.5 Å². The molecule has 1 aliphatic carbocycles. The highest BCUT2D eigenvalue weighted by Crippen LogP contribution is 2.59. The maximum Gasteiger partial charge on any atom is 0.271 e. The number of benzene rings is 2. The maximum atomic E-state index is 13.4. The molecular weight excluding hydrogens is 351 g/mol. The van der Waals surface area contributed by atoms with Gasteiger partial charge in [-0.1, -0.05) is 38.1 Å². The third-order valence-corrected chi connectivity index (χ3v) is 5.32. The predicted molar refractivity (Wildman–Crippen MR) is 96.0 cm³/mol. The Hall–Kier alpha value is -2.93. The molecule has 1 amide bonds. The highest BCUT2D eigenvalue weighted by molar-refractivity contribution is 6.15. The van der Waals surface area contributed by atoms with Crippen LogP contribution in [0.5, 0.6) is 5.75 Å². The lowest BCUT2D eigenvalue weighted by Crippen LogP contribution is -2.60. The third kappa shape index (κ3) is 2.03. The molecule has 140 valence electrons. The van der Waals surface area contributed by atoms with Crippen molar-refractivity contribution in [2.75, 3.05) is 12.4 Å². The molecule has 0 saturated carbocycles. The molecule has 2 aromatic carbocycles. The van der Waals surface area contributed by atoms with Gasteiger partial charge in [0.2, 0.25) is 11.3 Å². The number of alkyl halides is 1. The molecule has 4 rings (SSSR count). The van der Waals surface area contributed by atoms with E-state index in [0.29, 0.717) is 0 Å². The molecule has 0 bridgehead atoms. The SMILES string of the molecule is CC(C)c1ccc2c(c1)OC1(O)c3cccc(N)c3C(=O)C21NC(=O)CF. The van der Waals surface area contributed by atoms with Crippen molar-refractivity contribution in [3.05, 3.63) is 58.7 Å². The number of anilines is 1. The van der Waals surface area contributed by atoms with Gasteiger partial charge >= 0.3 is 0 Å². The number of nitrogen functional groups attached to an aromatic ring is 1. The van der Waals surface area contributed by atoms with Crippen LogP contribution in [0.1, 0.15) is 46.8 Å². The molecule has 27 heavy (non-hydrogen) atoms. The van der Waals surface area contributed by atoms with Crippen molar-refractivity contribution in [2.24, 2.45) is 0 Å². The smallest absolute Gasteiger partial charge is 0.271 e. The minimum absolute atomic E-state index is 0.0674. The minimum atomic E-state index is -2.21. The van der Waals surface area contributed by atoms with E-state index in [-0.39, 0.29) is 34.0 Å². The number of carbonyl (C=O) groups excluding carboxylic acids is 2. The van der Waals surface area contributed by atoms with E-state index < -0.39 is 29.7 Å². The van der Waals surface area contributed by atoms with Gasteiger partial charge in [-0.15, -0.1) is 0 Å². The van der Waals surface area contributed by atoms with Crippen molar-refractivity contribution in [3.63, 3.8) is 0 Å². The summed E-state index contributed by atoms with van der Waals surface area (Å²) in [6.07, 6.45) is 0. The lowest BCUT2D eigenvalue weighted by Gasteiger charge is -2.34. The number of Topliss-reactive ketones (excluding diaryl/α,β-unsaturated/α-hetero) is 1. The van der Waals surface area contributed by atoms with Crippen molar-refractivity contribution in [2.45, 2.75) is 31.1 Å². The number of ether oxygens (including phenoxy) is 1. The van der Waals surface area contributed by atoms with Crippen LogP contribution in [0.25, 0.3) is 0 Å². The molecule has 2 aliphatic rings. The molecule has 6 nitrogen and oxygen atoms in total. The van der Waals surface area contributed by atoms with Crippen LogP contribution in [0, 0.1) is 0 Å². The van der Waals surface area contributed by atoms with E-state index in [9.17, 15) is 19.1 Å². The van der Waals surface area contributed by atoms with Gasteiger partial charge in [-0.25, -0.2) is 4.39 Å². The Morgan fingerprint density at radius 1 is 1.30 bits per heavy atom. The van der Waals surface area contributed by atoms with Crippen LogP contribution in [0.15, 0.2) is 36.4 Å². The third-order valence-electron chi connectivity index (χ3n) is 5.32. The zero-order valence-corrected chi connectivity index (χ0v) is 14.9. The maximum absolute atomic E-state index is 13.4. The van der Waals surface area contributed by atoms with Crippen LogP contribution in [0.4, 0.5) is 10.1 Å². The molecule has 1 aliphatic heterocycles. The second-order valence-corrected chi connectivity index (χ2v) is 7.19. The number of nitrogens with two attached hydrogens (primary N) is 1. The Balaban J connectivity index is 2.01. The lowest BCUT2D eigenvalue weighted by molar-refractivity contribution is -0.175. The summed E-state index contributed by atoms with van der Waals surface area (Å²) in [7, 11) is 0. The molecule has 0 fully saturated rings. The van der Waals surface area contributed by atoms with E-state index in [1.807, 2.05) is 13.8 Å². The number of aliphatic hydroxyl groups is 1. The average molecular weight is 370 g/mol. The Morgan fingerprint density at radius 3 is 2.70 bits per heavy atom. The molecule has 2 unspecified atom stereocenters. The number of halogens is 1. The first kappa shape index (κ1) is 17.5. The minimum Gasteiger partial charge on any atom is -0.454 e. The van der Waals surface area contributed by atoms with Crippen LogP contribution in [0.2, 0.25) is 0 Å². The summed E-state index contributed by atoms with van der Waals surface area (Å²) >= 11 is 0. The molecular formula is C20H19FN2O4. The summed E-state index contributed by atoms with van der Waals surface area (Å²) in [6.45, 7) is 2.65. The van der Waals surface area contributed by atoms with E-state index >= 15 is 0 Å². The van der Waals surface area contributed by atoms with Crippen LogP contribution in [-0.2, 0) is 16.1 Å². The van der Waals surface area contributed by atoms with Gasteiger partial charge in [-0.3, -0.25) is 9.59 Å². The lowest BCUT2D eigenvalue weighted by atomic mass is 9.82. The van der Waals surface area contributed by atoms with Crippen molar-refractivity contribution >= 4 is 17.4 Å². The molecule has 0 radical (unpaired) electrons. The number of fused-ring (bicyclic) bond motifs is 5. The van der Waals surface area contributed by atoms with Gasteiger partial charge in [0.1, 0.15) is 5.75 Å². The standard InChI is InChI=1S/C20H19FN2O4/c1-10(2)11-6-7-12-15(8-11)27-20(26)13-4-3-5-14(22)17(13)18(25)19(12,20)23-16(24)9-21/h3-8,10,26H,9,22H2,1-2H3,(H,23,24). The average Bonchev–Trinajstić information content (AvgIpc) is 2.99.